The first-order valence-corrected chi connectivity index (χ1v) is 4.36. The topological polar surface area (TPSA) is 66.5 Å². The molecule has 0 fully saturated rings. The maximum atomic E-state index is 8.66. The number of aliphatic hydroxyl groups is 2. The van der Waals surface area contributed by atoms with Gasteiger partial charge in [0, 0.05) is 12.8 Å². The van der Waals surface area contributed by atoms with Crippen LogP contribution in [0.15, 0.2) is 0 Å². The van der Waals surface area contributed by atoms with Crippen LogP contribution in [0, 0.1) is 0 Å². The van der Waals surface area contributed by atoms with E-state index in [0.717, 1.165) is 24.0 Å². The van der Waals surface area contributed by atoms with Crippen molar-refractivity contribution in [2.24, 2.45) is 5.73 Å². The van der Waals surface area contributed by atoms with Gasteiger partial charge in [-0.05, 0) is 6.54 Å². The lowest BCUT2D eigenvalue weighted by Crippen LogP contribution is -2.43. The van der Waals surface area contributed by atoms with Crippen LogP contribution in [-0.4, -0.2) is 54.7 Å². The van der Waals surface area contributed by atoms with Crippen molar-refractivity contribution in [2.45, 2.75) is 19.1 Å². The Kier molecular flexibility index (Phi) is 5.41. The minimum absolute atomic E-state index is 0.428. The molecule has 0 saturated carbocycles. The van der Waals surface area contributed by atoms with Gasteiger partial charge >= 0.3 is 0 Å². The molecule has 4 N–H and O–H groups in total. The summed E-state index contributed by atoms with van der Waals surface area (Å²) in [5.41, 5.74) is 5.38. The van der Waals surface area contributed by atoms with Crippen molar-refractivity contribution in [2.75, 3.05) is 33.7 Å². The quantitative estimate of drug-likeness (QED) is 0.364. The predicted octanol–water partition coefficient (Wildman–Crippen LogP) is -0.888. The van der Waals surface area contributed by atoms with E-state index in [-0.39, 0.29) is 0 Å². The molecule has 0 aliphatic carbocycles. The smallest absolute Gasteiger partial charge is 0.156 e. The zero-order valence-corrected chi connectivity index (χ0v) is 8.03. The molecule has 0 rings (SSSR count). The number of hydrogen-bond donors (Lipinski definition) is 3. The summed E-state index contributed by atoms with van der Waals surface area (Å²) in [6.45, 7) is 2.46. The summed E-state index contributed by atoms with van der Waals surface area (Å²) >= 11 is 0. The molecule has 74 valence electrons. The second-order valence-electron chi connectivity index (χ2n) is 3.79. The highest BCUT2D eigenvalue weighted by Gasteiger charge is 2.15. The third kappa shape index (κ3) is 6.54. The lowest BCUT2D eigenvalue weighted by atomic mass is 10.3. The standard InChI is InChI=1S/C8H21N2O2/c1-10(2,6-3-5-9)7-4-8(11)12/h8,11-12H,3-7,9H2,1-2H3/q+1. The molecule has 0 aromatic carbocycles. The maximum Gasteiger partial charge on any atom is 0.156 e. The highest BCUT2D eigenvalue weighted by atomic mass is 16.5. The van der Waals surface area contributed by atoms with Crippen LogP contribution < -0.4 is 5.73 Å². The molecular formula is C8H21N2O2+. The van der Waals surface area contributed by atoms with Crippen molar-refractivity contribution >= 4 is 0 Å². The van der Waals surface area contributed by atoms with Gasteiger partial charge in [-0.2, -0.15) is 0 Å². The highest BCUT2D eigenvalue weighted by Crippen LogP contribution is 2.01. The maximum absolute atomic E-state index is 8.66. The van der Waals surface area contributed by atoms with Crippen LogP contribution in [0.4, 0.5) is 0 Å². The van der Waals surface area contributed by atoms with Gasteiger partial charge < -0.3 is 20.4 Å². The van der Waals surface area contributed by atoms with Gasteiger partial charge in [-0.25, -0.2) is 0 Å². The lowest BCUT2D eigenvalue weighted by Gasteiger charge is -2.29. The van der Waals surface area contributed by atoms with E-state index in [9.17, 15) is 0 Å². The highest BCUT2D eigenvalue weighted by molar-refractivity contribution is 4.41. The van der Waals surface area contributed by atoms with E-state index >= 15 is 0 Å². The van der Waals surface area contributed by atoms with Crippen LogP contribution in [0.2, 0.25) is 0 Å². The van der Waals surface area contributed by atoms with Gasteiger partial charge in [0.1, 0.15) is 0 Å². The Bertz CT molecular complexity index is 116. The Morgan fingerprint density at radius 2 is 1.83 bits per heavy atom. The fourth-order valence-electron chi connectivity index (χ4n) is 1.10. The first-order valence-electron chi connectivity index (χ1n) is 4.36. The molecule has 4 nitrogen and oxygen atoms in total. The van der Waals surface area contributed by atoms with Gasteiger partial charge in [-0.1, -0.05) is 0 Å². The molecule has 4 heteroatoms. The molecule has 0 saturated heterocycles. The summed E-state index contributed by atoms with van der Waals surface area (Å²) in [6, 6.07) is 0. The second-order valence-corrected chi connectivity index (χ2v) is 3.79. The molecule has 0 aliphatic rings. The number of hydrogen-bond acceptors (Lipinski definition) is 3. The Morgan fingerprint density at radius 3 is 2.25 bits per heavy atom. The van der Waals surface area contributed by atoms with Crippen molar-refractivity contribution in [3.05, 3.63) is 0 Å². The largest absolute Gasteiger partial charge is 0.368 e. The summed E-state index contributed by atoms with van der Waals surface area (Å²) in [4.78, 5) is 0. The van der Waals surface area contributed by atoms with Gasteiger partial charge in [0.25, 0.3) is 0 Å². The van der Waals surface area contributed by atoms with Crippen molar-refractivity contribution in [1.29, 1.82) is 0 Å². The van der Waals surface area contributed by atoms with Crippen LogP contribution in [0.5, 0.6) is 0 Å². The predicted molar refractivity (Wildman–Crippen MR) is 48.4 cm³/mol. The number of nitrogens with two attached hydrogens (primary N) is 1. The summed E-state index contributed by atoms with van der Waals surface area (Å²) in [5.74, 6) is 0. The van der Waals surface area contributed by atoms with E-state index in [1.807, 2.05) is 0 Å². The van der Waals surface area contributed by atoms with Crippen LogP contribution in [0.3, 0.4) is 0 Å². The molecule has 0 amide bonds. The number of nitrogens with zero attached hydrogens (tertiary/aromatic N) is 1. The van der Waals surface area contributed by atoms with Gasteiger partial charge in [-0.15, -0.1) is 0 Å². The summed E-state index contributed by atoms with van der Waals surface area (Å²) in [7, 11) is 4.14. The minimum Gasteiger partial charge on any atom is -0.368 e. The van der Waals surface area contributed by atoms with Crippen LogP contribution in [0.1, 0.15) is 12.8 Å². The molecule has 0 bridgehead atoms. The summed E-state index contributed by atoms with van der Waals surface area (Å²) in [6.07, 6.45) is 0.229. The van der Waals surface area contributed by atoms with Crippen molar-refractivity contribution in [1.82, 2.24) is 0 Å². The average molecular weight is 177 g/mol. The molecule has 0 aromatic heterocycles. The molecule has 12 heavy (non-hydrogen) atoms. The van der Waals surface area contributed by atoms with Gasteiger partial charge in [0.05, 0.1) is 27.2 Å². The first-order chi connectivity index (χ1) is 5.48. The van der Waals surface area contributed by atoms with E-state index in [0.29, 0.717) is 13.0 Å². The third-order valence-electron chi connectivity index (χ3n) is 1.96. The van der Waals surface area contributed by atoms with E-state index < -0.39 is 6.29 Å². The van der Waals surface area contributed by atoms with Gasteiger partial charge in [-0.3, -0.25) is 0 Å². The molecule has 0 atom stereocenters. The number of quaternary nitrogens is 1. The fraction of sp³-hybridized carbons (Fsp3) is 1.00. The number of rotatable bonds is 6. The van der Waals surface area contributed by atoms with Crippen molar-refractivity contribution in [3.8, 4) is 0 Å². The fourth-order valence-corrected chi connectivity index (χ4v) is 1.10. The zero-order chi connectivity index (χ0) is 9.61. The second kappa shape index (κ2) is 5.48. The normalized spacial score (nSPS) is 12.5. The minimum atomic E-state index is -1.18. The van der Waals surface area contributed by atoms with E-state index in [4.69, 9.17) is 15.9 Å². The van der Waals surface area contributed by atoms with Gasteiger partial charge in [0.2, 0.25) is 0 Å². The van der Waals surface area contributed by atoms with Crippen molar-refractivity contribution < 1.29 is 14.7 Å². The molecule has 0 heterocycles. The summed E-state index contributed by atoms with van der Waals surface area (Å²) in [5, 5.41) is 17.3. The molecule has 0 radical (unpaired) electrons. The van der Waals surface area contributed by atoms with E-state index in [1.165, 1.54) is 0 Å². The van der Waals surface area contributed by atoms with E-state index in [1.54, 1.807) is 0 Å². The Hall–Kier alpha value is -0.160. The Balaban J connectivity index is 3.56. The monoisotopic (exact) mass is 177 g/mol. The molecular weight excluding hydrogens is 156 g/mol. The third-order valence-corrected chi connectivity index (χ3v) is 1.96. The zero-order valence-electron chi connectivity index (χ0n) is 8.03. The molecule has 0 unspecified atom stereocenters. The van der Waals surface area contributed by atoms with Crippen molar-refractivity contribution in [3.63, 3.8) is 0 Å². The summed E-state index contributed by atoms with van der Waals surface area (Å²) < 4.78 is 0.800. The lowest BCUT2D eigenvalue weighted by molar-refractivity contribution is -0.891. The Morgan fingerprint density at radius 1 is 1.25 bits per heavy atom. The number of aliphatic hydroxyl groups excluding tert-OH is 1. The van der Waals surface area contributed by atoms with Crippen LogP contribution in [0.25, 0.3) is 0 Å². The van der Waals surface area contributed by atoms with Crippen LogP contribution in [-0.2, 0) is 0 Å². The molecule has 0 aromatic rings. The molecule has 0 spiro atoms. The van der Waals surface area contributed by atoms with E-state index in [2.05, 4.69) is 14.1 Å². The molecule has 0 aliphatic heterocycles. The van der Waals surface area contributed by atoms with Gasteiger partial charge in [0.15, 0.2) is 6.29 Å². The SMILES string of the molecule is C[N+](C)(CCCN)CCC(O)O. The average Bonchev–Trinajstić information content (AvgIpc) is 1.98. The van der Waals surface area contributed by atoms with Crippen LogP contribution >= 0.6 is 0 Å². The Labute approximate surface area is 74.2 Å². The first kappa shape index (κ1) is 11.8.